The molecule has 0 aliphatic heterocycles. The molecule has 2 N–H and O–H groups in total. The first-order valence-electron chi connectivity index (χ1n) is 8.03. The average Bonchev–Trinajstić information content (AvgIpc) is 2.56. The Morgan fingerprint density at radius 1 is 1.04 bits per heavy atom. The van der Waals surface area contributed by atoms with Crippen molar-refractivity contribution >= 4 is 11.6 Å². The van der Waals surface area contributed by atoms with Gasteiger partial charge in [0, 0.05) is 12.2 Å². The maximum Gasteiger partial charge on any atom is 0.228 e. The highest BCUT2D eigenvalue weighted by molar-refractivity contribution is 5.93. The minimum absolute atomic E-state index is 0.0156. The number of carbonyl (C=O) groups excluding carboxylic acids is 1. The van der Waals surface area contributed by atoms with Crippen LogP contribution in [0.15, 0.2) is 48.5 Å². The van der Waals surface area contributed by atoms with Crippen LogP contribution < -0.4 is 15.4 Å². The van der Waals surface area contributed by atoms with Gasteiger partial charge in [0.25, 0.3) is 0 Å². The van der Waals surface area contributed by atoms with Gasteiger partial charge in [-0.1, -0.05) is 37.3 Å². The predicted molar refractivity (Wildman–Crippen MR) is 93.8 cm³/mol. The zero-order valence-electron chi connectivity index (χ0n) is 13.8. The minimum Gasteiger partial charge on any atom is -0.494 e. The third kappa shape index (κ3) is 5.42. The number of hydrogen-bond donors (Lipinski definition) is 2. The quantitative estimate of drug-likeness (QED) is 0.785. The maximum absolute atomic E-state index is 12.3. The number of nitrogens with one attached hydrogen (secondary N) is 2. The largest absolute Gasteiger partial charge is 0.494 e. The number of benzene rings is 2. The first kappa shape index (κ1) is 17.0. The van der Waals surface area contributed by atoms with Crippen LogP contribution >= 0.6 is 0 Å². The smallest absolute Gasteiger partial charge is 0.228 e. The molecule has 0 radical (unpaired) electrons. The summed E-state index contributed by atoms with van der Waals surface area (Å²) in [6.45, 7) is 6.30. The summed E-state index contributed by atoms with van der Waals surface area (Å²) in [5.74, 6) is 0.811. The van der Waals surface area contributed by atoms with Crippen molar-refractivity contribution < 1.29 is 9.53 Å². The second-order valence-electron chi connectivity index (χ2n) is 5.24. The molecule has 0 spiro atoms. The van der Waals surface area contributed by atoms with Gasteiger partial charge >= 0.3 is 0 Å². The normalized spacial score (nSPS) is 10.3. The first-order chi connectivity index (χ1) is 11.2. The number of carbonyl (C=O) groups is 1. The van der Waals surface area contributed by atoms with Crippen LogP contribution in [-0.4, -0.2) is 19.1 Å². The second kappa shape index (κ2) is 8.96. The fourth-order valence-corrected chi connectivity index (χ4v) is 2.31. The molecule has 0 saturated carbocycles. The van der Waals surface area contributed by atoms with E-state index in [0.717, 1.165) is 35.7 Å². The summed E-state index contributed by atoms with van der Waals surface area (Å²) >= 11 is 0. The molecule has 122 valence electrons. The Bertz CT molecular complexity index is 624. The lowest BCUT2D eigenvalue weighted by molar-refractivity contribution is -0.115. The van der Waals surface area contributed by atoms with Crippen molar-refractivity contribution in [3.05, 3.63) is 59.7 Å². The lowest BCUT2D eigenvalue weighted by atomic mass is 10.1. The summed E-state index contributed by atoms with van der Waals surface area (Å²) in [6, 6.07) is 15.5. The topological polar surface area (TPSA) is 50.4 Å². The molecule has 0 saturated heterocycles. The Labute approximate surface area is 137 Å². The summed E-state index contributed by atoms with van der Waals surface area (Å²) in [5, 5.41) is 6.28. The van der Waals surface area contributed by atoms with Crippen molar-refractivity contribution in [2.45, 2.75) is 26.8 Å². The molecular formula is C19H24N2O2. The molecule has 0 aliphatic carbocycles. The van der Waals surface area contributed by atoms with Gasteiger partial charge in [-0.2, -0.15) is 0 Å². The number of hydrogen-bond acceptors (Lipinski definition) is 3. The lowest BCUT2D eigenvalue weighted by Crippen LogP contribution is -2.18. The Morgan fingerprint density at radius 3 is 2.48 bits per heavy atom. The summed E-state index contributed by atoms with van der Waals surface area (Å²) in [7, 11) is 0. The molecule has 2 aromatic carbocycles. The maximum atomic E-state index is 12.3. The Hall–Kier alpha value is -2.33. The van der Waals surface area contributed by atoms with Crippen LogP contribution in [0.5, 0.6) is 5.75 Å². The molecule has 4 heteroatoms. The minimum atomic E-state index is -0.0156. The Balaban J connectivity index is 1.96. The molecule has 0 heterocycles. The monoisotopic (exact) mass is 312 g/mol. The molecule has 1 amide bonds. The van der Waals surface area contributed by atoms with E-state index in [1.807, 2.05) is 55.5 Å². The van der Waals surface area contributed by atoms with E-state index >= 15 is 0 Å². The van der Waals surface area contributed by atoms with Gasteiger partial charge in [0.05, 0.1) is 13.0 Å². The molecule has 2 aromatic rings. The second-order valence-corrected chi connectivity index (χ2v) is 5.24. The predicted octanol–water partition coefficient (Wildman–Crippen LogP) is 3.38. The molecular weight excluding hydrogens is 288 g/mol. The fraction of sp³-hybridized carbons (Fsp3) is 0.316. The van der Waals surface area contributed by atoms with E-state index in [2.05, 4.69) is 17.6 Å². The molecule has 23 heavy (non-hydrogen) atoms. The van der Waals surface area contributed by atoms with E-state index in [9.17, 15) is 4.79 Å². The van der Waals surface area contributed by atoms with E-state index in [4.69, 9.17) is 4.74 Å². The van der Waals surface area contributed by atoms with E-state index < -0.39 is 0 Å². The van der Waals surface area contributed by atoms with Crippen molar-refractivity contribution in [3.8, 4) is 5.75 Å². The van der Waals surface area contributed by atoms with Crippen LogP contribution in [0.4, 0.5) is 5.69 Å². The number of rotatable bonds is 8. The third-order valence-corrected chi connectivity index (χ3v) is 3.46. The average molecular weight is 312 g/mol. The summed E-state index contributed by atoms with van der Waals surface area (Å²) in [5.41, 5.74) is 2.92. The Morgan fingerprint density at radius 2 is 1.78 bits per heavy atom. The third-order valence-electron chi connectivity index (χ3n) is 3.46. The van der Waals surface area contributed by atoms with Crippen molar-refractivity contribution in [2.75, 3.05) is 18.5 Å². The Kier molecular flexibility index (Phi) is 6.63. The van der Waals surface area contributed by atoms with Crippen LogP contribution in [0.2, 0.25) is 0 Å². The zero-order valence-corrected chi connectivity index (χ0v) is 13.8. The highest BCUT2D eigenvalue weighted by Crippen LogP contribution is 2.16. The van der Waals surface area contributed by atoms with Gasteiger partial charge in [0.15, 0.2) is 0 Å². The molecule has 2 rings (SSSR count). The number of amides is 1. The zero-order chi connectivity index (χ0) is 16.5. The highest BCUT2D eigenvalue weighted by Gasteiger charge is 2.07. The SMILES string of the molecule is CCNCc1ccccc1NC(=O)Cc1ccc(OCC)cc1. The summed E-state index contributed by atoms with van der Waals surface area (Å²) < 4.78 is 5.41. The van der Waals surface area contributed by atoms with Crippen LogP contribution in [0, 0.1) is 0 Å². The first-order valence-corrected chi connectivity index (χ1v) is 8.03. The van der Waals surface area contributed by atoms with E-state index in [1.165, 1.54) is 0 Å². The van der Waals surface area contributed by atoms with Crippen molar-refractivity contribution in [2.24, 2.45) is 0 Å². The van der Waals surface area contributed by atoms with Gasteiger partial charge in [-0.05, 0) is 42.8 Å². The van der Waals surface area contributed by atoms with Gasteiger partial charge in [-0.3, -0.25) is 4.79 Å². The summed E-state index contributed by atoms with van der Waals surface area (Å²) in [4.78, 5) is 12.3. The molecule has 0 aliphatic rings. The summed E-state index contributed by atoms with van der Waals surface area (Å²) in [6.07, 6.45) is 0.349. The number of ether oxygens (including phenoxy) is 1. The standard InChI is InChI=1S/C19H24N2O2/c1-3-20-14-16-7-5-6-8-18(16)21-19(22)13-15-9-11-17(12-10-15)23-4-2/h5-12,20H,3-4,13-14H2,1-2H3,(H,21,22). The molecule has 0 fully saturated rings. The van der Waals surface area contributed by atoms with Crippen LogP contribution in [-0.2, 0) is 17.8 Å². The van der Waals surface area contributed by atoms with E-state index in [-0.39, 0.29) is 5.91 Å². The molecule has 0 bridgehead atoms. The highest BCUT2D eigenvalue weighted by atomic mass is 16.5. The molecule has 0 atom stereocenters. The molecule has 0 aromatic heterocycles. The van der Waals surface area contributed by atoms with Gasteiger partial charge in [0.2, 0.25) is 5.91 Å². The van der Waals surface area contributed by atoms with Crippen LogP contribution in [0.1, 0.15) is 25.0 Å². The van der Waals surface area contributed by atoms with Crippen molar-refractivity contribution in [1.29, 1.82) is 0 Å². The molecule has 0 unspecified atom stereocenters. The number of anilines is 1. The van der Waals surface area contributed by atoms with Crippen LogP contribution in [0.3, 0.4) is 0 Å². The van der Waals surface area contributed by atoms with Crippen molar-refractivity contribution in [1.82, 2.24) is 5.32 Å². The van der Waals surface area contributed by atoms with Crippen molar-refractivity contribution in [3.63, 3.8) is 0 Å². The lowest BCUT2D eigenvalue weighted by Gasteiger charge is -2.11. The van der Waals surface area contributed by atoms with Gasteiger partial charge in [0.1, 0.15) is 5.75 Å². The van der Waals surface area contributed by atoms with Gasteiger partial charge in [-0.15, -0.1) is 0 Å². The van der Waals surface area contributed by atoms with E-state index in [1.54, 1.807) is 0 Å². The van der Waals surface area contributed by atoms with Gasteiger partial charge in [-0.25, -0.2) is 0 Å². The van der Waals surface area contributed by atoms with Gasteiger partial charge < -0.3 is 15.4 Å². The van der Waals surface area contributed by atoms with E-state index in [0.29, 0.717) is 13.0 Å². The molecule has 4 nitrogen and oxygen atoms in total. The fourth-order valence-electron chi connectivity index (χ4n) is 2.31. The number of para-hydroxylation sites is 1. The van der Waals surface area contributed by atoms with Crippen LogP contribution in [0.25, 0.3) is 0 Å².